The Morgan fingerprint density at radius 2 is 2.00 bits per heavy atom. The third-order valence-corrected chi connectivity index (χ3v) is 2.51. The summed E-state index contributed by atoms with van der Waals surface area (Å²) in [6, 6.07) is 5.48. The molecule has 2 atom stereocenters. The number of ether oxygens (including phenoxy) is 1. The molecule has 0 aromatic heterocycles. The summed E-state index contributed by atoms with van der Waals surface area (Å²) >= 11 is 0. The molecule has 16 heavy (non-hydrogen) atoms. The van der Waals surface area contributed by atoms with Crippen molar-refractivity contribution in [1.29, 1.82) is 0 Å². The SMILES string of the molecule is CC1CNC(c2ccccc2C(F)(F)F)O1. The molecule has 0 spiro atoms. The Labute approximate surface area is 91.4 Å². The summed E-state index contributed by atoms with van der Waals surface area (Å²) < 4.78 is 43.5. The summed E-state index contributed by atoms with van der Waals surface area (Å²) in [5.74, 6) is 0. The maximum Gasteiger partial charge on any atom is 0.416 e. The number of hydrogen-bond acceptors (Lipinski definition) is 2. The van der Waals surface area contributed by atoms with E-state index >= 15 is 0 Å². The molecular weight excluding hydrogens is 219 g/mol. The Balaban J connectivity index is 2.34. The first-order valence-electron chi connectivity index (χ1n) is 5.03. The zero-order chi connectivity index (χ0) is 11.8. The standard InChI is InChI=1S/C11H12F3NO/c1-7-6-15-10(16-7)8-4-2-3-5-9(8)11(12,13)14/h2-5,7,10,15H,6H2,1H3. The van der Waals surface area contributed by atoms with Crippen LogP contribution in [0.2, 0.25) is 0 Å². The van der Waals surface area contributed by atoms with Crippen molar-refractivity contribution < 1.29 is 17.9 Å². The summed E-state index contributed by atoms with van der Waals surface area (Å²) in [5, 5.41) is 2.91. The van der Waals surface area contributed by atoms with Crippen molar-refractivity contribution in [3.05, 3.63) is 35.4 Å². The Morgan fingerprint density at radius 3 is 2.56 bits per heavy atom. The molecule has 0 bridgehead atoms. The molecule has 88 valence electrons. The fraction of sp³-hybridized carbons (Fsp3) is 0.455. The van der Waals surface area contributed by atoms with Crippen LogP contribution in [0.1, 0.15) is 24.3 Å². The molecule has 1 aliphatic heterocycles. The zero-order valence-corrected chi connectivity index (χ0v) is 8.71. The molecule has 0 radical (unpaired) electrons. The number of rotatable bonds is 1. The van der Waals surface area contributed by atoms with Crippen LogP contribution in [-0.2, 0) is 10.9 Å². The highest BCUT2D eigenvalue weighted by Crippen LogP contribution is 2.35. The normalized spacial score (nSPS) is 26.0. The third kappa shape index (κ3) is 2.20. The molecule has 1 saturated heterocycles. The van der Waals surface area contributed by atoms with Crippen molar-refractivity contribution in [2.45, 2.75) is 25.4 Å². The van der Waals surface area contributed by atoms with Gasteiger partial charge in [0.1, 0.15) is 6.23 Å². The summed E-state index contributed by atoms with van der Waals surface area (Å²) in [7, 11) is 0. The minimum Gasteiger partial charge on any atom is -0.355 e. The van der Waals surface area contributed by atoms with E-state index in [2.05, 4.69) is 5.32 Å². The number of alkyl halides is 3. The zero-order valence-electron chi connectivity index (χ0n) is 8.71. The molecule has 2 rings (SSSR count). The van der Waals surface area contributed by atoms with Crippen LogP contribution in [0.3, 0.4) is 0 Å². The van der Waals surface area contributed by atoms with Gasteiger partial charge >= 0.3 is 6.18 Å². The number of halogens is 3. The summed E-state index contributed by atoms with van der Waals surface area (Å²) in [4.78, 5) is 0. The van der Waals surface area contributed by atoms with Crippen LogP contribution in [0, 0.1) is 0 Å². The molecule has 2 nitrogen and oxygen atoms in total. The van der Waals surface area contributed by atoms with Gasteiger partial charge in [0.05, 0.1) is 11.7 Å². The Kier molecular flexibility index (Phi) is 2.90. The average molecular weight is 231 g/mol. The molecule has 0 amide bonds. The second kappa shape index (κ2) is 4.07. The van der Waals surface area contributed by atoms with E-state index in [0.29, 0.717) is 6.54 Å². The van der Waals surface area contributed by atoms with Gasteiger partial charge in [-0.05, 0) is 13.0 Å². The van der Waals surface area contributed by atoms with Crippen LogP contribution in [0.5, 0.6) is 0 Å². The fourth-order valence-electron chi connectivity index (χ4n) is 1.77. The van der Waals surface area contributed by atoms with Gasteiger partial charge in [0.15, 0.2) is 0 Å². The minimum absolute atomic E-state index is 0.0636. The van der Waals surface area contributed by atoms with Crippen LogP contribution >= 0.6 is 0 Å². The molecule has 5 heteroatoms. The second-order valence-corrected chi connectivity index (χ2v) is 3.82. The van der Waals surface area contributed by atoms with E-state index in [1.54, 1.807) is 6.07 Å². The lowest BCUT2D eigenvalue weighted by Crippen LogP contribution is -2.19. The predicted molar refractivity (Wildman–Crippen MR) is 52.7 cm³/mol. The second-order valence-electron chi connectivity index (χ2n) is 3.82. The van der Waals surface area contributed by atoms with Crippen molar-refractivity contribution in [1.82, 2.24) is 5.32 Å². The highest BCUT2D eigenvalue weighted by Gasteiger charge is 2.36. The van der Waals surface area contributed by atoms with E-state index in [0.717, 1.165) is 6.07 Å². The molecule has 1 N–H and O–H groups in total. The summed E-state index contributed by atoms with van der Waals surface area (Å²) in [6.07, 6.45) is -5.06. The summed E-state index contributed by atoms with van der Waals surface area (Å²) in [6.45, 7) is 2.39. The van der Waals surface area contributed by atoms with Crippen LogP contribution in [-0.4, -0.2) is 12.6 Å². The van der Waals surface area contributed by atoms with E-state index in [1.807, 2.05) is 6.92 Å². The topological polar surface area (TPSA) is 21.3 Å². The predicted octanol–water partition coefficient (Wildman–Crippen LogP) is 2.71. The van der Waals surface area contributed by atoms with Crippen LogP contribution in [0.25, 0.3) is 0 Å². The molecular formula is C11H12F3NO. The van der Waals surface area contributed by atoms with E-state index in [-0.39, 0.29) is 11.7 Å². The van der Waals surface area contributed by atoms with Crippen LogP contribution in [0.4, 0.5) is 13.2 Å². The maximum atomic E-state index is 12.7. The van der Waals surface area contributed by atoms with E-state index in [4.69, 9.17) is 4.74 Å². The van der Waals surface area contributed by atoms with Gasteiger partial charge in [0.2, 0.25) is 0 Å². The fourth-order valence-corrected chi connectivity index (χ4v) is 1.77. The van der Waals surface area contributed by atoms with E-state index in [1.165, 1.54) is 12.1 Å². The maximum absolute atomic E-state index is 12.7. The van der Waals surface area contributed by atoms with Gasteiger partial charge in [0, 0.05) is 12.1 Å². The van der Waals surface area contributed by atoms with Crippen molar-refractivity contribution in [3.63, 3.8) is 0 Å². The molecule has 1 aromatic carbocycles. The number of benzene rings is 1. The minimum atomic E-state index is -4.34. The average Bonchev–Trinajstić information content (AvgIpc) is 2.64. The van der Waals surface area contributed by atoms with Crippen molar-refractivity contribution in [2.75, 3.05) is 6.54 Å². The highest BCUT2D eigenvalue weighted by molar-refractivity contribution is 5.31. The monoisotopic (exact) mass is 231 g/mol. The first-order valence-corrected chi connectivity index (χ1v) is 5.03. The molecule has 0 aliphatic carbocycles. The quantitative estimate of drug-likeness (QED) is 0.802. The first-order chi connectivity index (χ1) is 7.48. The third-order valence-electron chi connectivity index (χ3n) is 2.51. The van der Waals surface area contributed by atoms with Gasteiger partial charge in [0.25, 0.3) is 0 Å². The lowest BCUT2D eigenvalue weighted by molar-refractivity contribution is -0.139. The molecule has 1 aromatic rings. The van der Waals surface area contributed by atoms with Crippen LogP contribution < -0.4 is 5.32 Å². The number of nitrogens with one attached hydrogen (secondary N) is 1. The van der Waals surface area contributed by atoms with E-state index in [9.17, 15) is 13.2 Å². The van der Waals surface area contributed by atoms with Gasteiger partial charge in [-0.3, -0.25) is 5.32 Å². The van der Waals surface area contributed by atoms with Crippen molar-refractivity contribution in [2.24, 2.45) is 0 Å². The molecule has 1 fully saturated rings. The Bertz CT molecular complexity index is 378. The van der Waals surface area contributed by atoms with Crippen molar-refractivity contribution >= 4 is 0 Å². The van der Waals surface area contributed by atoms with Gasteiger partial charge < -0.3 is 4.74 Å². The molecule has 1 heterocycles. The van der Waals surface area contributed by atoms with Gasteiger partial charge in [-0.1, -0.05) is 18.2 Å². The molecule has 0 saturated carbocycles. The van der Waals surface area contributed by atoms with Crippen LogP contribution in [0.15, 0.2) is 24.3 Å². The van der Waals surface area contributed by atoms with E-state index < -0.39 is 18.0 Å². The smallest absolute Gasteiger partial charge is 0.355 e. The molecule has 2 unspecified atom stereocenters. The van der Waals surface area contributed by atoms with Gasteiger partial charge in [-0.2, -0.15) is 13.2 Å². The molecule has 1 aliphatic rings. The van der Waals surface area contributed by atoms with Gasteiger partial charge in [-0.15, -0.1) is 0 Å². The number of hydrogen-bond donors (Lipinski definition) is 1. The van der Waals surface area contributed by atoms with Crippen molar-refractivity contribution in [3.8, 4) is 0 Å². The Morgan fingerprint density at radius 1 is 1.31 bits per heavy atom. The van der Waals surface area contributed by atoms with Gasteiger partial charge in [-0.25, -0.2) is 0 Å². The highest BCUT2D eigenvalue weighted by atomic mass is 19.4. The first kappa shape index (κ1) is 11.4. The lowest BCUT2D eigenvalue weighted by atomic mass is 10.1. The summed E-state index contributed by atoms with van der Waals surface area (Å²) in [5.41, 5.74) is -0.485. The Hall–Kier alpha value is -1.07. The largest absolute Gasteiger partial charge is 0.416 e. The lowest BCUT2D eigenvalue weighted by Gasteiger charge is -2.17.